The molecule has 0 aromatic heterocycles. The monoisotopic (exact) mass is 174 g/mol. The van der Waals surface area contributed by atoms with E-state index in [1.165, 1.54) is 12.3 Å². The van der Waals surface area contributed by atoms with Crippen molar-refractivity contribution in [3.05, 3.63) is 0 Å². The lowest BCUT2D eigenvalue weighted by molar-refractivity contribution is 0.219. The molecule has 2 unspecified atom stereocenters. The molecule has 0 spiro atoms. The first-order chi connectivity index (χ1) is 5.25. The van der Waals surface area contributed by atoms with E-state index < -0.39 is 0 Å². The molecule has 1 fully saturated rings. The molecule has 0 saturated carbocycles. The summed E-state index contributed by atoms with van der Waals surface area (Å²) in [5.41, 5.74) is 5.52. The zero-order chi connectivity index (χ0) is 8.27. The van der Waals surface area contributed by atoms with Gasteiger partial charge in [0.1, 0.15) is 0 Å². The molecule has 1 aliphatic heterocycles. The summed E-state index contributed by atoms with van der Waals surface area (Å²) in [6.45, 7) is 7.67. The molecule has 0 radical (unpaired) electrons. The first kappa shape index (κ1) is 9.36. The predicted octanol–water partition coefficient (Wildman–Crippen LogP) is 0.771. The van der Waals surface area contributed by atoms with Crippen LogP contribution in [0.4, 0.5) is 0 Å². The molecule has 2 N–H and O–H groups in total. The fourth-order valence-electron chi connectivity index (χ4n) is 1.48. The molecular weight excluding hydrogens is 156 g/mol. The Hall–Kier alpha value is 0.270. The van der Waals surface area contributed by atoms with Gasteiger partial charge in [-0.1, -0.05) is 6.92 Å². The van der Waals surface area contributed by atoms with Crippen LogP contribution in [0.15, 0.2) is 0 Å². The summed E-state index contributed by atoms with van der Waals surface area (Å²) >= 11 is 2.07. The molecular formula is C8H18N2S. The van der Waals surface area contributed by atoms with Gasteiger partial charge in [-0.3, -0.25) is 4.90 Å². The lowest BCUT2D eigenvalue weighted by Crippen LogP contribution is -2.46. The SMILES string of the molecule is CC1SCCN(CCN)C1C. The molecule has 2 atom stereocenters. The van der Waals surface area contributed by atoms with Gasteiger partial charge in [0, 0.05) is 36.7 Å². The van der Waals surface area contributed by atoms with Crippen molar-refractivity contribution in [2.75, 3.05) is 25.4 Å². The van der Waals surface area contributed by atoms with Crippen molar-refractivity contribution in [1.29, 1.82) is 0 Å². The van der Waals surface area contributed by atoms with Crippen LogP contribution in [0.2, 0.25) is 0 Å². The van der Waals surface area contributed by atoms with Crippen LogP contribution in [0, 0.1) is 0 Å². The van der Waals surface area contributed by atoms with E-state index in [9.17, 15) is 0 Å². The van der Waals surface area contributed by atoms with Crippen molar-refractivity contribution >= 4 is 11.8 Å². The second-order valence-electron chi connectivity index (χ2n) is 3.14. The quantitative estimate of drug-likeness (QED) is 0.670. The van der Waals surface area contributed by atoms with E-state index in [1.807, 2.05) is 0 Å². The van der Waals surface area contributed by atoms with Gasteiger partial charge in [0.25, 0.3) is 0 Å². The highest BCUT2D eigenvalue weighted by molar-refractivity contribution is 8.00. The van der Waals surface area contributed by atoms with Crippen LogP contribution in [-0.4, -0.2) is 41.6 Å². The Labute approximate surface area is 73.5 Å². The summed E-state index contributed by atoms with van der Waals surface area (Å²) in [4.78, 5) is 2.49. The Kier molecular flexibility index (Phi) is 3.69. The molecule has 1 saturated heterocycles. The van der Waals surface area contributed by atoms with Crippen LogP contribution in [0.5, 0.6) is 0 Å². The van der Waals surface area contributed by atoms with Crippen molar-refractivity contribution < 1.29 is 0 Å². The third-order valence-corrected chi connectivity index (χ3v) is 3.77. The summed E-state index contributed by atoms with van der Waals surface area (Å²) in [6, 6.07) is 0.706. The van der Waals surface area contributed by atoms with Crippen LogP contribution in [0.25, 0.3) is 0 Å². The molecule has 66 valence electrons. The first-order valence-electron chi connectivity index (χ1n) is 4.31. The lowest BCUT2D eigenvalue weighted by atomic mass is 10.2. The first-order valence-corrected chi connectivity index (χ1v) is 5.36. The average Bonchev–Trinajstić information content (AvgIpc) is 1.99. The van der Waals surface area contributed by atoms with E-state index in [0.29, 0.717) is 6.04 Å². The summed E-state index contributed by atoms with van der Waals surface area (Å²) in [7, 11) is 0. The van der Waals surface area contributed by atoms with E-state index in [4.69, 9.17) is 5.73 Å². The molecule has 1 aliphatic rings. The average molecular weight is 174 g/mol. The molecule has 11 heavy (non-hydrogen) atoms. The molecule has 0 amide bonds. The Balaban J connectivity index is 2.38. The van der Waals surface area contributed by atoms with E-state index >= 15 is 0 Å². The minimum Gasteiger partial charge on any atom is -0.329 e. The van der Waals surface area contributed by atoms with Gasteiger partial charge in [0.15, 0.2) is 0 Å². The molecule has 3 heteroatoms. The molecule has 1 heterocycles. The van der Waals surface area contributed by atoms with Gasteiger partial charge in [-0.25, -0.2) is 0 Å². The highest BCUT2D eigenvalue weighted by atomic mass is 32.2. The van der Waals surface area contributed by atoms with Crippen molar-refractivity contribution in [3.63, 3.8) is 0 Å². The Morgan fingerprint density at radius 2 is 2.27 bits per heavy atom. The summed E-state index contributed by atoms with van der Waals surface area (Å²) in [5.74, 6) is 1.27. The van der Waals surface area contributed by atoms with Gasteiger partial charge in [-0.15, -0.1) is 0 Å². The van der Waals surface area contributed by atoms with Gasteiger partial charge < -0.3 is 5.73 Å². The minimum absolute atomic E-state index is 0.706. The van der Waals surface area contributed by atoms with Gasteiger partial charge in [0.2, 0.25) is 0 Å². The second-order valence-corrected chi connectivity index (χ2v) is 4.63. The fraction of sp³-hybridized carbons (Fsp3) is 1.00. The maximum Gasteiger partial charge on any atom is 0.0184 e. The molecule has 0 aromatic carbocycles. The number of nitrogens with zero attached hydrogens (tertiary/aromatic N) is 1. The number of thioether (sulfide) groups is 1. The van der Waals surface area contributed by atoms with E-state index in [-0.39, 0.29) is 0 Å². The van der Waals surface area contributed by atoms with Crippen LogP contribution in [0.3, 0.4) is 0 Å². The Morgan fingerprint density at radius 3 is 2.91 bits per heavy atom. The summed E-state index contributed by atoms with van der Waals surface area (Å²) in [5, 5.41) is 0.773. The number of hydrogen-bond acceptors (Lipinski definition) is 3. The summed E-state index contributed by atoms with van der Waals surface area (Å²) in [6.07, 6.45) is 0. The van der Waals surface area contributed by atoms with Crippen LogP contribution in [0.1, 0.15) is 13.8 Å². The highest BCUT2D eigenvalue weighted by Gasteiger charge is 2.23. The zero-order valence-corrected chi connectivity index (χ0v) is 8.23. The topological polar surface area (TPSA) is 29.3 Å². The van der Waals surface area contributed by atoms with Gasteiger partial charge in [0.05, 0.1) is 0 Å². The minimum atomic E-state index is 0.706. The van der Waals surface area contributed by atoms with Gasteiger partial charge in [-0.05, 0) is 6.92 Å². The van der Waals surface area contributed by atoms with E-state index in [1.54, 1.807) is 0 Å². The number of nitrogens with two attached hydrogens (primary N) is 1. The fourth-order valence-corrected chi connectivity index (χ4v) is 2.64. The Morgan fingerprint density at radius 1 is 1.55 bits per heavy atom. The Bertz CT molecular complexity index is 117. The predicted molar refractivity (Wildman–Crippen MR) is 52.0 cm³/mol. The van der Waals surface area contributed by atoms with Crippen molar-refractivity contribution in [2.45, 2.75) is 25.1 Å². The third kappa shape index (κ3) is 2.36. The molecule has 0 bridgehead atoms. The van der Waals surface area contributed by atoms with Crippen LogP contribution in [-0.2, 0) is 0 Å². The van der Waals surface area contributed by atoms with E-state index in [0.717, 1.165) is 18.3 Å². The maximum absolute atomic E-state index is 5.52. The van der Waals surface area contributed by atoms with Crippen LogP contribution >= 0.6 is 11.8 Å². The maximum atomic E-state index is 5.52. The van der Waals surface area contributed by atoms with Crippen molar-refractivity contribution in [3.8, 4) is 0 Å². The van der Waals surface area contributed by atoms with E-state index in [2.05, 4.69) is 30.5 Å². The third-order valence-electron chi connectivity index (χ3n) is 2.43. The second kappa shape index (κ2) is 4.33. The normalized spacial score (nSPS) is 34.1. The molecule has 0 aromatic rings. The molecule has 0 aliphatic carbocycles. The van der Waals surface area contributed by atoms with Gasteiger partial charge in [-0.2, -0.15) is 11.8 Å². The largest absolute Gasteiger partial charge is 0.329 e. The van der Waals surface area contributed by atoms with Crippen LogP contribution < -0.4 is 5.73 Å². The number of rotatable bonds is 2. The smallest absolute Gasteiger partial charge is 0.0184 e. The lowest BCUT2D eigenvalue weighted by Gasteiger charge is -2.37. The molecule has 2 nitrogen and oxygen atoms in total. The molecule has 1 rings (SSSR count). The van der Waals surface area contributed by atoms with Crippen molar-refractivity contribution in [1.82, 2.24) is 4.90 Å². The van der Waals surface area contributed by atoms with Gasteiger partial charge >= 0.3 is 0 Å². The highest BCUT2D eigenvalue weighted by Crippen LogP contribution is 2.23. The number of hydrogen-bond donors (Lipinski definition) is 1. The van der Waals surface area contributed by atoms with Crippen molar-refractivity contribution in [2.24, 2.45) is 5.73 Å². The zero-order valence-electron chi connectivity index (χ0n) is 7.42. The standard InChI is InChI=1S/C8H18N2S/c1-7-8(2)11-6-5-10(7)4-3-9/h7-8H,3-6,9H2,1-2H3. The summed E-state index contributed by atoms with van der Waals surface area (Å²) < 4.78 is 0.